The number of amides is 1. The predicted molar refractivity (Wildman–Crippen MR) is 116 cm³/mol. The highest BCUT2D eigenvalue weighted by Gasteiger charge is 2.08. The van der Waals surface area contributed by atoms with E-state index in [1.807, 2.05) is 53.9 Å². The monoisotopic (exact) mass is 500 g/mol. The fourth-order valence-corrected chi connectivity index (χ4v) is 4.13. The van der Waals surface area contributed by atoms with Crippen molar-refractivity contribution in [1.82, 2.24) is 4.98 Å². The van der Waals surface area contributed by atoms with Gasteiger partial charge in [0.25, 0.3) is 0 Å². The summed E-state index contributed by atoms with van der Waals surface area (Å²) in [4.78, 5) is 17.7. The second kappa shape index (κ2) is 9.02. The van der Waals surface area contributed by atoms with E-state index in [4.69, 9.17) is 11.6 Å². The summed E-state index contributed by atoms with van der Waals surface area (Å²) >= 11 is 11.2. The molecule has 0 fully saturated rings. The Morgan fingerprint density at radius 3 is 2.60 bits per heavy atom. The van der Waals surface area contributed by atoms with Crippen molar-refractivity contribution < 1.29 is 4.79 Å². The zero-order valence-corrected chi connectivity index (χ0v) is 17.6. The minimum atomic E-state index is -0.0232. The minimum Gasteiger partial charge on any atom is -0.302 e. The molecule has 3 nitrogen and oxygen atoms in total. The second-order valence-electron chi connectivity index (χ2n) is 5.15. The van der Waals surface area contributed by atoms with Crippen LogP contribution in [0.15, 0.2) is 58.8 Å². The Kier molecular flexibility index (Phi) is 6.75. The van der Waals surface area contributed by atoms with Crippen molar-refractivity contribution in [1.29, 1.82) is 0 Å². The molecule has 1 N–H and O–H groups in total. The van der Waals surface area contributed by atoms with Gasteiger partial charge in [-0.2, -0.15) is 0 Å². The zero-order chi connectivity index (χ0) is 17.6. The number of carbonyl (C=O) groups excluding carboxylic acids is 1. The van der Waals surface area contributed by atoms with Crippen LogP contribution in [-0.2, 0) is 4.79 Å². The molecule has 1 aromatic heterocycles. The lowest BCUT2D eigenvalue weighted by atomic mass is 10.2. The Labute approximate surface area is 173 Å². The van der Waals surface area contributed by atoms with Gasteiger partial charge in [0.15, 0.2) is 5.13 Å². The van der Waals surface area contributed by atoms with Gasteiger partial charge in [-0.15, -0.1) is 23.1 Å². The van der Waals surface area contributed by atoms with Crippen LogP contribution in [0.1, 0.15) is 6.42 Å². The van der Waals surface area contributed by atoms with Crippen molar-refractivity contribution in [3.05, 3.63) is 62.5 Å². The van der Waals surface area contributed by atoms with Gasteiger partial charge in [0.05, 0.1) is 5.69 Å². The Morgan fingerprint density at radius 1 is 1.16 bits per heavy atom. The standard InChI is InChI=1S/C18H14ClIN2OS2/c19-13-3-7-15(8-4-13)24-10-9-17(23)22-18-21-16(11-25-18)12-1-5-14(20)6-2-12/h1-8,11H,9-10H2,(H,21,22,23). The number of halogens is 2. The molecule has 128 valence electrons. The summed E-state index contributed by atoms with van der Waals surface area (Å²) in [6.07, 6.45) is 0.436. The fraction of sp³-hybridized carbons (Fsp3) is 0.111. The number of carbonyl (C=O) groups is 1. The van der Waals surface area contributed by atoms with Crippen molar-refractivity contribution in [3.63, 3.8) is 0 Å². The van der Waals surface area contributed by atoms with Gasteiger partial charge in [-0.1, -0.05) is 23.7 Å². The van der Waals surface area contributed by atoms with Gasteiger partial charge in [-0.25, -0.2) is 4.98 Å². The summed E-state index contributed by atoms with van der Waals surface area (Å²) in [7, 11) is 0. The van der Waals surface area contributed by atoms with Crippen LogP contribution in [-0.4, -0.2) is 16.6 Å². The highest BCUT2D eigenvalue weighted by Crippen LogP contribution is 2.26. The molecule has 3 rings (SSSR count). The molecule has 7 heteroatoms. The van der Waals surface area contributed by atoms with Crippen LogP contribution in [0.2, 0.25) is 5.02 Å². The molecule has 0 bridgehead atoms. The maximum Gasteiger partial charge on any atom is 0.226 e. The van der Waals surface area contributed by atoms with Gasteiger partial charge >= 0.3 is 0 Å². The fourth-order valence-electron chi connectivity index (χ4n) is 2.06. The molecule has 3 aromatic rings. The third-order valence-electron chi connectivity index (χ3n) is 3.30. The van der Waals surface area contributed by atoms with Gasteiger partial charge in [-0.3, -0.25) is 4.79 Å². The van der Waals surface area contributed by atoms with Crippen LogP contribution >= 0.6 is 57.3 Å². The van der Waals surface area contributed by atoms with E-state index in [1.165, 1.54) is 14.9 Å². The number of nitrogens with one attached hydrogen (secondary N) is 1. The quantitative estimate of drug-likeness (QED) is 0.324. The predicted octanol–water partition coefficient (Wildman–Crippen LogP) is 6.19. The maximum atomic E-state index is 12.1. The lowest BCUT2D eigenvalue weighted by Gasteiger charge is -2.03. The van der Waals surface area contributed by atoms with Crippen LogP contribution in [0.4, 0.5) is 5.13 Å². The summed E-state index contributed by atoms with van der Waals surface area (Å²) in [5, 5.41) is 6.18. The first-order chi connectivity index (χ1) is 12.1. The van der Waals surface area contributed by atoms with Crippen molar-refractivity contribution in [2.24, 2.45) is 0 Å². The van der Waals surface area contributed by atoms with Crippen LogP contribution in [0.3, 0.4) is 0 Å². The molecular formula is C18H14ClIN2OS2. The average Bonchev–Trinajstić information content (AvgIpc) is 3.06. The van der Waals surface area contributed by atoms with Gasteiger partial charge in [0.1, 0.15) is 0 Å². The number of hydrogen-bond donors (Lipinski definition) is 1. The van der Waals surface area contributed by atoms with E-state index >= 15 is 0 Å². The second-order valence-corrected chi connectivity index (χ2v) is 8.85. The maximum absolute atomic E-state index is 12.1. The number of anilines is 1. The molecule has 1 heterocycles. The zero-order valence-electron chi connectivity index (χ0n) is 13.0. The number of benzene rings is 2. The number of hydrogen-bond acceptors (Lipinski definition) is 4. The van der Waals surface area contributed by atoms with Crippen molar-refractivity contribution in [3.8, 4) is 11.3 Å². The molecule has 0 aliphatic carbocycles. The molecule has 0 aliphatic heterocycles. The topological polar surface area (TPSA) is 42.0 Å². The number of aromatic nitrogens is 1. The Balaban J connectivity index is 1.49. The first kappa shape index (κ1) is 18.7. The normalized spacial score (nSPS) is 10.6. The van der Waals surface area contributed by atoms with E-state index in [2.05, 4.69) is 32.9 Å². The molecule has 2 aromatic carbocycles. The lowest BCUT2D eigenvalue weighted by molar-refractivity contribution is -0.115. The van der Waals surface area contributed by atoms with Crippen LogP contribution < -0.4 is 5.32 Å². The molecule has 0 saturated carbocycles. The van der Waals surface area contributed by atoms with Crippen molar-refractivity contribution in [2.45, 2.75) is 11.3 Å². The first-order valence-corrected chi connectivity index (χ1v) is 10.8. The molecule has 25 heavy (non-hydrogen) atoms. The average molecular weight is 501 g/mol. The summed E-state index contributed by atoms with van der Waals surface area (Å²) < 4.78 is 1.18. The molecule has 0 unspecified atom stereocenters. The molecule has 0 spiro atoms. The highest BCUT2D eigenvalue weighted by molar-refractivity contribution is 14.1. The number of nitrogens with zero attached hydrogens (tertiary/aromatic N) is 1. The third-order valence-corrected chi connectivity index (χ3v) is 6.04. The van der Waals surface area contributed by atoms with E-state index < -0.39 is 0 Å². The number of thioether (sulfide) groups is 1. The van der Waals surface area contributed by atoms with E-state index in [-0.39, 0.29) is 5.91 Å². The summed E-state index contributed by atoms with van der Waals surface area (Å²) in [5.74, 6) is 0.688. The Bertz CT molecular complexity index is 850. The smallest absolute Gasteiger partial charge is 0.226 e. The summed E-state index contributed by atoms with van der Waals surface area (Å²) in [6.45, 7) is 0. The summed E-state index contributed by atoms with van der Waals surface area (Å²) in [5.41, 5.74) is 1.93. The molecule has 1 amide bonds. The minimum absolute atomic E-state index is 0.0232. The molecule has 0 atom stereocenters. The van der Waals surface area contributed by atoms with Gasteiger partial charge in [-0.05, 0) is 59.0 Å². The SMILES string of the molecule is O=C(CCSc1ccc(Cl)cc1)Nc1nc(-c2ccc(I)cc2)cs1. The Hall–Kier alpha value is -1.09. The lowest BCUT2D eigenvalue weighted by Crippen LogP contribution is -2.11. The van der Waals surface area contributed by atoms with Crippen LogP contribution in [0, 0.1) is 3.57 Å². The number of rotatable bonds is 6. The van der Waals surface area contributed by atoms with Gasteiger partial charge in [0.2, 0.25) is 5.91 Å². The first-order valence-electron chi connectivity index (χ1n) is 7.50. The van der Waals surface area contributed by atoms with Crippen LogP contribution in [0.25, 0.3) is 11.3 Å². The largest absolute Gasteiger partial charge is 0.302 e. The number of thiazole rings is 1. The molecular weight excluding hydrogens is 487 g/mol. The van der Waals surface area contributed by atoms with Gasteiger partial charge < -0.3 is 5.32 Å². The van der Waals surface area contributed by atoms with Gasteiger partial charge in [0, 0.05) is 36.6 Å². The third kappa shape index (κ3) is 5.70. The summed E-state index contributed by atoms with van der Waals surface area (Å²) in [6, 6.07) is 15.8. The molecule has 0 aliphatic rings. The van der Waals surface area contributed by atoms with E-state index in [0.29, 0.717) is 17.3 Å². The van der Waals surface area contributed by atoms with E-state index in [9.17, 15) is 4.79 Å². The van der Waals surface area contributed by atoms with Crippen molar-refractivity contribution in [2.75, 3.05) is 11.1 Å². The Morgan fingerprint density at radius 2 is 1.88 bits per heavy atom. The van der Waals surface area contributed by atoms with Crippen molar-refractivity contribution >= 4 is 68.3 Å². The van der Waals surface area contributed by atoms with E-state index in [0.717, 1.165) is 21.2 Å². The van der Waals surface area contributed by atoms with Crippen LogP contribution in [0.5, 0.6) is 0 Å². The molecule has 0 saturated heterocycles. The van der Waals surface area contributed by atoms with E-state index in [1.54, 1.807) is 11.8 Å². The molecule has 0 radical (unpaired) electrons. The highest BCUT2D eigenvalue weighted by atomic mass is 127.